The second kappa shape index (κ2) is 4.37. The lowest BCUT2D eigenvalue weighted by Crippen LogP contribution is -1.98. The Bertz CT molecular complexity index is 399. The lowest BCUT2D eigenvalue weighted by molar-refractivity contribution is 0.0698. The molecule has 4 heteroatoms. The maximum atomic E-state index is 10.9. The summed E-state index contributed by atoms with van der Waals surface area (Å²) in [6.45, 7) is 3.59. The first-order valence-electron chi connectivity index (χ1n) is 4.09. The van der Waals surface area contributed by atoms with Gasteiger partial charge in [-0.3, -0.25) is 4.99 Å². The van der Waals surface area contributed by atoms with Crippen LogP contribution in [0.25, 0.3) is 0 Å². The van der Waals surface area contributed by atoms with Gasteiger partial charge in [-0.1, -0.05) is 15.9 Å². The minimum Gasteiger partial charge on any atom is -0.478 e. The zero-order valence-corrected chi connectivity index (χ0v) is 9.50. The molecule has 0 aliphatic carbocycles. The number of rotatable bonds is 2. The van der Waals surface area contributed by atoms with E-state index in [1.165, 1.54) is 0 Å². The third kappa shape index (κ3) is 2.01. The highest BCUT2D eigenvalue weighted by molar-refractivity contribution is 9.10. The molecule has 14 heavy (non-hydrogen) atoms. The van der Waals surface area contributed by atoms with Crippen molar-refractivity contribution in [2.75, 3.05) is 0 Å². The number of nitrogens with zero attached hydrogens (tertiary/aromatic N) is 1. The molecule has 0 radical (unpaired) electrons. The number of hydrogen-bond acceptors (Lipinski definition) is 2. The van der Waals surface area contributed by atoms with Gasteiger partial charge in [-0.2, -0.15) is 0 Å². The maximum absolute atomic E-state index is 10.9. The smallest absolute Gasteiger partial charge is 0.337 e. The van der Waals surface area contributed by atoms with Crippen molar-refractivity contribution in [3.63, 3.8) is 0 Å². The fraction of sp³-hybridized carbons (Fsp3) is 0.200. The Kier molecular flexibility index (Phi) is 3.41. The van der Waals surface area contributed by atoms with Gasteiger partial charge in [-0.15, -0.1) is 0 Å². The van der Waals surface area contributed by atoms with E-state index in [1.54, 1.807) is 25.3 Å². The van der Waals surface area contributed by atoms with E-state index in [1.807, 2.05) is 6.92 Å². The van der Waals surface area contributed by atoms with Crippen molar-refractivity contribution in [3.8, 4) is 0 Å². The molecule has 0 bridgehead atoms. The average Bonchev–Trinajstić information content (AvgIpc) is 2.13. The largest absolute Gasteiger partial charge is 0.478 e. The van der Waals surface area contributed by atoms with Crippen LogP contribution in [0.2, 0.25) is 0 Å². The maximum Gasteiger partial charge on any atom is 0.337 e. The van der Waals surface area contributed by atoms with Crippen LogP contribution >= 0.6 is 15.9 Å². The molecule has 0 fully saturated rings. The lowest BCUT2D eigenvalue weighted by Gasteiger charge is -2.06. The quantitative estimate of drug-likeness (QED) is 0.826. The molecule has 0 amide bonds. The molecule has 1 N–H and O–H groups in total. The molecule has 0 unspecified atom stereocenters. The predicted molar refractivity (Wildman–Crippen MR) is 59.7 cm³/mol. The molecule has 0 saturated carbocycles. The van der Waals surface area contributed by atoms with Crippen molar-refractivity contribution in [2.45, 2.75) is 13.8 Å². The summed E-state index contributed by atoms with van der Waals surface area (Å²) in [5, 5.41) is 8.92. The van der Waals surface area contributed by atoms with E-state index in [0.29, 0.717) is 5.69 Å². The zero-order valence-electron chi connectivity index (χ0n) is 7.91. The Hall–Kier alpha value is -1.16. The standard InChI is InChI=1S/C10H10BrNO2/c1-3-12-9-6(2)8(11)5-4-7(9)10(13)14/h3-5H,1-2H3,(H,13,14). The van der Waals surface area contributed by atoms with Crippen LogP contribution in [-0.2, 0) is 0 Å². The number of hydrogen-bond donors (Lipinski definition) is 1. The topological polar surface area (TPSA) is 49.7 Å². The van der Waals surface area contributed by atoms with Crippen LogP contribution in [0.1, 0.15) is 22.8 Å². The van der Waals surface area contributed by atoms with Gasteiger partial charge in [-0.25, -0.2) is 4.79 Å². The molecule has 1 aromatic rings. The highest BCUT2D eigenvalue weighted by Gasteiger charge is 2.12. The average molecular weight is 256 g/mol. The molecule has 0 aromatic heterocycles. The summed E-state index contributed by atoms with van der Waals surface area (Å²) < 4.78 is 0.864. The van der Waals surface area contributed by atoms with Crippen molar-refractivity contribution in [2.24, 2.45) is 4.99 Å². The van der Waals surface area contributed by atoms with Crippen LogP contribution in [0, 0.1) is 6.92 Å². The van der Waals surface area contributed by atoms with Gasteiger partial charge in [0.1, 0.15) is 0 Å². The zero-order chi connectivity index (χ0) is 10.7. The van der Waals surface area contributed by atoms with Crippen LogP contribution in [0.5, 0.6) is 0 Å². The summed E-state index contributed by atoms with van der Waals surface area (Å²) in [6, 6.07) is 3.26. The first kappa shape index (κ1) is 10.9. The summed E-state index contributed by atoms with van der Waals surface area (Å²) in [7, 11) is 0. The molecule has 0 saturated heterocycles. The predicted octanol–water partition coefficient (Wildman–Crippen LogP) is 3.18. The molecular formula is C10H10BrNO2. The second-order valence-corrected chi connectivity index (χ2v) is 3.62. The van der Waals surface area contributed by atoms with Gasteiger partial charge in [0.15, 0.2) is 0 Å². The van der Waals surface area contributed by atoms with Crippen molar-refractivity contribution < 1.29 is 9.90 Å². The highest BCUT2D eigenvalue weighted by Crippen LogP contribution is 2.30. The van der Waals surface area contributed by atoms with Gasteiger partial charge in [0.05, 0.1) is 11.3 Å². The number of benzene rings is 1. The van der Waals surface area contributed by atoms with Crippen LogP contribution in [-0.4, -0.2) is 17.3 Å². The van der Waals surface area contributed by atoms with Gasteiger partial charge in [0.2, 0.25) is 0 Å². The Morgan fingerprint density at radius 3 is 2.71 bits per heavy atom. The Labute approximate surface area is 90.6 Å². The van der Waals surface area contributed by atoms with E-state index in [0.717, 1.165) is 10.0 Å². The normalized spacial score (nSPS) is 10.8. The van der Waals surface area contributed by atoms with Crippen molar-refractivity contribution in [1.82, 2.24) is 0 Å². The molecular weight excluding hydrogens is 246 g/mol. The summed E-state index contributed by atoms with van der Waals surface area (Å²) in [4.78, 5) is 14.9. The van der Waals surface area contributed by atoms with E-state index in [4.69, 9.17) is 5.11 Å². The van der Waals surface area contributed by atoms with Gasteiger partial charge < -0.3 is 5.11 Å². The number of halogens is 1. The minimum absolute atomic E-state index is 0.226. The lowest BCUT2D eigenvalue weighted by atomic mass is 10.1. The second-order valence-electron chi connectivity index (χ2n) is 2.76. The summed E-state index contributed by atoms with van der Waals surface area (Å²) >= 11 is 3.33. The SMILES string of the molecule is CC=Nc1c(C(=O)O)ccc(Br)c1C. The van der Waals surface area contributed by atoms with Crippen molar-refractivity contribution >= 4 is 33.8 Å². The third-order valence-corrected chi connectivity index (χ3v) is 2.71. The van der Waals surface area contributed by atoms with E-state index in [2.05, 4.69) is 20.9 Å². The number of carboxylic acid groups (broad SMARTS) is 1. The first-order valence-corrected chi connectivity index (χ1v) is 4.88. The van der Waals surface area contributed by atoms with Crippen LogP contribution in [0.3, 0.4) is 0 Å². The molecule has 74 valence electrons. The van der Waals surface area contributed by atoms with E-state index < -0.39 is 5.97 Å². The summed E-state index contributed by atoms with van der Waals surface area (Å²) in [5.74, 6) is -0.957. The number of aromatic carboxylic acids is 1. The Balaban J connectivity index is 3.45. The highest BCUT2D eigenvalue weighted by atomic mass is 79.9. The fourth-order valence-electron chi connectivity index (χ4n) is 1.14. The minimum atomic E-state index is -0.957. The Morgan fingerprint density at radius 2 is 2.21 bits per heavy atom. The van der Waals surface area contributed by atoms with Gasteiger partial charge in [0, 0.05) is 10.7 Å². The number of carboxylic acids is 1. The summed E-state index contributed by atoms with van der Waals surface area (Å²) in [6.07, 6.45) is 1.58. The van der Waals surface area contributed by atoms with Gasteiger partial charge >= 0.3 is 5.97 Å². The van der Waals surface area contributed by atoms with E-state index in [9.17, 15) is 4.79 Å². The van der Waals surface area contributed by atoms with Gasteiger partial charge in [-0.05, 0) is 31.5 Å². The fourth-order valence-corrected chi connectivity index (χ4v) is 1.46. The monoisotopic (exact) mass is 255 g/mol. The first-order chi connectivity index (χ1) is 6.57. The Morgan fingerprint density at radius 1 is 1.57 bits per heavy atom. The van der Waals surface area contributed by atoms with Crippen molar-refractivity contribution in [3.05, 3.63) is 27.7 Å². The molecule has 1 aromatic carbocycles. The number of carbonyl (C=O) groups is 1. The molecule has 0 aliphatic heterocycles. The molecule has 3 nitrogen and oxygen atoms in total. The molecule has 0 heterocycles. The molecule has 1 rings (SSSR count). The van der Waals surface area contributed by atoms with Crippen LogP contribution in [0.4, 0.5) is 5.69 Å². The molecule has 0 atom stereocenters. The number of aliphatic imine (C=N–C) groups is 1. The summed E-state index contributed by atoms with van der Waals surface area (Å²) in [5.41, 5.74) is 1.57. The third-order valence-electron chi connectivity index (χ3n) is 1.85. The van der Waals surface area contributed by atoms with Gasteiger partial charge in [0.25, 0.3) is 0 Å². The van der Waals surface area contributed by atoms with Crippen molar-refractivity contribution in [1.29, 1.82) is 0 Å². The molecule has 0 aliphatic rings. The van der Waals surface area contributed by atoms with E-state index in [-0.39, 0.29) is 5.56 Å². The van der Waals surface area contributed by atoms with Crippen LogP contribution < -0.4 is 0 Å². The molecule has 0 spiro atoms. The van der Waals surface area contributed by atoms with Crippen LogP contribution in [0.15, 0.2) is 21.6 Å². The van der Waals surface area contributed by atoms with E-state index >= 15 is 0 Å².